The summed E-state index contributed by atoms with van der Waals surface area (Å²) in [5.74, 6) is 0.933. The smallest absolute Gasteiger partial charge is 0.135 e. The number of benzene rings is 4. The van der Waals surface area contributed by atoms with Crippen molar-refractivity contribution in [2.24, 2.45) is 0 Å². The van der Waals surface area contributed by atoms with Crippen LogP contribution in [0.3, 0.4) is 0 Å². The van der Waals surface area contributed by atoms with E-state index in [2.05, 4.69) is 106 Å². The minimum atomic E-state index is 0.533. The van der Waals surface area contributed by atoms with Crippen LogP contribution >= 0.6 is 0 Å². The van der Waals surface area contributed by atoms with E-state index < -0.39 is 0 Å². The van der Waals surface area contributed by atoms with Crippen molar-refractivity contribution < 1.29 is 4.74 Å². The monoisotopic (exact) mass is 391 g/mol. The van der Waals surface area contributed by atoms with Crippen LogP contribution in [0, 0.1) is 19.9 Å². The van der Waals surface area contributed by atoms with Gasteiger partial charge >= 0.3 is 0 Å². The third kappa shape index (κ3) is 4.31. The zero-order valence-electron chi connectivity index (χ0n) is 17.9. The molecule has 0 atom stereocenters. The molecular weight excluding hydrogens is 364 g/mol. The molecule has 0 N–H and O–H groups in total. The highest BCUT2D eigenvalue weighted by Crippen LogP contribution is 2.42. The lowest BCUT2D eigenvalue weighted by molar-refractivity contribution is 0.308. The quantitative estimate of drug-likeness (QED) is 0.329. The van der Waals surface area contributed by atoms with Gasteiger partial charge in [0.05, 0.1) is 0 Å². The van der Waals surface area contributed by atoms with E-state index in [4.69, 9.17) is 4.74 Å². The predicted octanol–water partition coefficient (Wildman–Crippen LogP) is 7.58. The van der Waals surface area contributed by atoms with Crippen LogP contribution in [0.25, 0.3) is 22.3 Å². The second-order valence-corrected chi connectivity index (χ2v) is 7.74. The molecule has 0 saturated heterocycles. The Balaban J connectivity index is 1.88. The first kappa shape index (κ1) is 20.0. The summed E-state index contributed by atoms with van der Waals surface area (Å²) in [5, 5.41) is 0. The molecule has 0 heterocycles. The Morgan fingerprint density at radius 1 is 0.733 bits per heavy atom. The summed E-state index contributed by atoms with van der Waals surface area (Å²) < 4.78 is 6.55. The van der Waals surface area contributed by atoms with Gasteiger partial charge < -0.3 is 4.74 Å². The van der Waals surface area contributed by atoms with Gasteiger partial charge in [0.1, 0.15) is 12.4 Å². The maximum Gasteiger partial charge on any atom is 0.135 e. The van der Waals surface area contributed by atoms with E-state index in [1.807, 2.05) is 6.07 Å². The van der Waals surface area contributed by atoms with E-state index in [9.17, 15) is 0 Å². The summed E-state index contributed by atoms with van der Waals surface area (Å²) in [6.07, 6.45) is 0.902. The standard InChI is InChI=1S/C29H27O/c1-4-24-18-19-27(25-14-10-21(2)11-15-25)29(30-20-23-8-6-5-7-9-23)28(24)26-16-12-22(3)13-17-26/h5-17,19H,4,20H2,1-3H3. The van der Waals surface area contributed by atoms with E-state index >= 15 is 0 Å². The molecule has 0 unspecified atom stereocenters. The molecule has 0 aliphatic carbocycles. The first-order valence-corrected chi connectivity index (χ1v) is 10.5. The van der Waals surface area contributed by atoms with Crippen molar-refractivity contribution in [3.63, 3.8) is 0 Å². The lowest BCUT2D eigenvalue weighted by atomic mass is 9.91. The summed E-state index contributed by atoms with van der Waals surface area (Å²) in [7, 11) is 0. The van der Waals surface area contributed by atoms with E-state index in [0.29, 0.717) is 6.61 Å². The fraction of sp³-hybridized carbons (Fsp3) is 0.172. The molecule has 1 nitrogen and oxygen atoms in total. The Hall–Kier alpha value is -3.32. The third-order valence-corrected chi connectivity index (χ3v) is 5.45. The molecule has 4 aromatic carbocycles. The Labute approximate surface area is 180 Å². The highest BCUT2D eigenvalue weighted by atomic mass is 16.5. The lowest BCUT2D eigenvalue weighted by Crippen LogP contribution is -2.02. The van der Waals surface area contributed by atoms with Crippen molar-refractivity contribution >= 4 is 0 Å². The second kappa shape index (κ2) is 9.00. The molecule has 0 amide bonds. The minimum absolute atomic E-state index is 0.533. The zero-order valence-corrected chi connectivity index (χ0v) is 17.9. The van der Waals surface area contributed by atoms with E-state index in [1.54, 1.807) is 0 Å². The Kier molecular flexibility index (Phi) is 5.99. The molecule has 0 aromatic heterocycles. The fourth-order valence-electron chi connectivity index (χ4n) is 3.70. The van der Waals surface area contributed by atoms with Crippen LogP contribution in [0.5, 0.6) is 5.75 Å². The van der Waals surface area contributed by atoms with Crippen molar-refractivity contribution in [2.75, 3.05) is 0 Å². The Morgan fingerprint density at radius 3 is 1.93 bits per heavy atom. The Morgan fingerprint density at radius 2 is 1.33 bits per heavy atom. The van der Waals surface area contributed by atoms with Gasteiger partial charge in [-0.2, -0.15) is 0 Å². The van der Waals surface area contributed by atoms with Crippen LogP contribution in [0.1, 0.15) is 29.2 Å². The van der Waals surface area contributed by atoms with Crippen LogP contribution in [0.15, 0.2) is 84.9 Å². The van der Waals surface area contributed by atoms with Crippen molar-refractivity contribution in [3.05, 3.63) is 113 Å². The van der Waals surface area contributed by atoms with Crippen molar-refractivity contribution in [1.29, 1.82) is 0 Å². The van der Waals surface area contributed by atoms with Gasteiger partial charge in [-0.15, -0.1) is 0 Å². The molecule has 1 heteroatoms. The van der Waals surface area contributed by atoms with Gasteiger partial charge in [0, 0.05) is 11.1 Å². The van der Waals surface area contributed by atoms with Gasteiger partial charge in [-0.05, 0) is 54.7 Å². The van der Waals surface area contributed by atoms with Gasteiger partial charge in [-0.25, -0.2) is 0 Å². The van der Waals surface area contributed by atoms with Crippen LogP contribution < -0.4 is 4.74 Å². The summed E-state index contributed by atoms with van der Waals surface area (Å²) in [6.45, 7) is 6.94. The van der Waals surface area contributed by atoms with E-state index in [1.165, 1.54) is 22.3 Å². The average molecular weight is 392 g/mol. The molecule has 0 aliphatic rings. The maximum atomic E-state index is 6.55. The topological polar surface area (TPSA) is 9.23 Å². The number of ether oxygens (including phenoxy) is 1. The van der Waals surface area contributed by atoms with E-state index in [-0.39, 0.29) is 0 Å². The SMILES string of the molecule is CCc1[c]cc(-c2ccc(C)cc2)c(OCc2ccccc2)c1-c1ccc(C)cc1. The number of hydrogen-bond donors (Lipinski definition) is 0. The van der Waals surface area contributed by atoms with Gasteiger partial charge in [-0.1, -0.05) is 96.9 Å². The highest BCUT2D eigenvalue weighted by molar-refractivity contribution is 5.84. The van der Waals surface area contributed by atoms with Gasteiger partial charge in [0.2, 0.25) is 0 Å². The fourth-order valence-corrected chi connectivity index (χ4v) is 3.70. The van der Waals surface area contributed by atoms with Crippen LogP contribution in [0.4, 0.5) is 0 Å². The summed E-state index contributed by atoms with van der Waals surface area (Å²) >= 11 is 0. The van der Waals surface area contributed by atoms with Crippen LogP contribution in [-0.4, -0.2) is 0 Å². The molecule has 0 saturated carbocycles. The maximum absolute atomic E-state index is 6.55. The molecular formula is C29H27O. The van der Waals surface area contributed by atoms with Gasteiger partial charge in [0.15, 0.2) is 0 Å². The normalized spacial score (nSPS) is 10.8. The second-order valence-electron chi connectivity index (χ2n) is 7.74. The van der Waals surface area contributed by atoms with Crippen molar-refractivity contribution in [3.8, 4) is 28.0 Å². The first-order valence-electron chi connectivity index (χ1n) is 10.5. The molecule has 0 fully saturated rings. The van der Waals surface area contributed by atoms with Gasteiger partial charge in [0.25, 0.3) is 0 Å². The van der Waals surface area contributed by atoms with Crippen LogP contribution in [-0.2, 0) is 13.0 Å². The molecule has 0 bridgehead atoms. The molecule has 0 aliphatic heterocycles. The first-order chi connectivity index (χ1) is 14.7. The molecule has 0 spiro atoms. The number of aryl methyl sites for hydroxylation is 3. The molecule has 149 valence electrons. The molecule has 4 rings (SSSR count). The zero-order chi connectivity index (χ0) is 20.9. The summed E-state index contributed by atoms with van der Waals surface area (Å²) in [4.78, 5) is 0. The highest BCUT2D eigenvalue weighted by Gasteiger charge is 2.18. The summed E-state index contributed by atoms with van der Waals surface area (Å²) in [6, 6.07) is 33.3. The Bertz CT molecular complexity index is 1110. The number of rotatable bonds is 6. The van der Waals surface area contributed by atoms with Crippen molar-refractivity contribution in [1.82, 2.24) is 0 Å². The average Bonchev–Trinajstić information content (AvgIpc) is 2.79. The van der Waals surface area contributed by atoms with Gasteiger partial charge in [-0.3, -0.25) is 0 Å². The third-order valence-electron chi connectivity index (χ3n) is 5.45. The largest absolute Gasteiger partial charge is 0.488 e. The molecule has 4 aromatic rings. The van der Waals surface area contributed by atoms with Crippen LogP contribution in [0.2, 0.25) is 0 Å². The summed E-state index contributed by atoms with van der Waals surface area (Å²) in [5.41, 5.74) is 9.39. The lowest BCUT2D eigenvalue weighted by Gasteiger charge is -2.20. The minimum Gasteiger partial charge on any atom is -0.488 e. The number of hydrogen-bond acceptors (Lipinski definition) is 1. The van der Waals surface area contributed by atoms with Crippen molar-refractivity contribution in [2.45, 2.75) is 33.8 Å². The molecule has 1 radical (unpaired) electrons. The predicted molar refractivity (Wildman–Crippen MR) is 126 cm³/mol. The van der Waals surface area contributed by atoms with E-state index in [0.717, 1.165) is 34.4 Å². The molecule has 30 heavy (non-hydrogen) atoms.